The number of halogens is 3. The molecule has 226 valence electrons. The van der Waals surface area contributed by atoms with E-state index >= 15 is 4.39 Å². The van der Waals surface area contributed by atoms with Crippen LogP contribution in [0.1, 0.15) is 50.3 Å². The molecule has 0 amide bonds. The molecule has 4 aromatic rings. The standard InChI is InChI=1S/C35H34F3N5O/c1-2-26-29(37)7-4-20-12-25(44)14-27(31(20)26)33-32(38)34-28(16-39-33)30(42-18-23-5-6-24(19-42)40-23)13-22(41-34)8-10-35-9-3-11-43(35)17-21(36)15-35/h4,7,12-14,16,21,23-24,40,44H,2-3,5-6,9,11,15,17-19H2,1H3/t21-,23-,24+,35-/m1/s1. The maximum absolute atomic E-state index is 16.8. The van der Waals surface area contributed by atoms with Gasteiger partial charge >= 0.3 is 0 Å². The molecule has 6 heterocycles. The fraction of sp³-hybridized carbons (Fsp3) is 0.429. The number of hydrogen-bond donors (Lipinski definition) is 2. The molecule has 0 saturated carbocycles. The Kier molecular flexibility index (Phi) is 6.51. The zero-order valence-electron chi connectivity index (χ0n) is 24.6. The van der Waals surface area contributed by atoms with Crippen LogP contribution in [-0.2, 0) is 6.42 Å². The Hall–Kier alpha value is -3.87. The van der Waals surface area contributed by atoms with Crippen LogP contribution in [0.3, 0.4) is 0 Å². The third-order valence-corrected chi connectivity index (χ3v) is 10.1. The number of aromatic nitrogens is 2. The molecule has 4 fully saturated rings. The number of nitrogens with one attached hydrogen (secondary N) is 1. The Labute approximate surface area is 254 Å². The molecule has 0 spiro atoms. The van der Waals surface area contributed by atoms with Crippen LogP contribution in [0.2, 0.25) is 0 Å². The Morgan fingerprint density at radius 3 is 2.73 bits per heavy atom. The Bertz CT molecular complexity index is 1870. The van der Waals surface area contributed by atoms with Gasteiger partial charge < -0.3 is 15.3 Å². The lowest BCUT2D eigenvalue weighted by Gasteiger charge is -2.35. The highest BCUT2D eigenvalue weighted by Gasteiger charge is 2.47. The van der Waals surface area contributed by atoms with Gasteiger partial charge in [0.15, 0.2) is 5.82 Å². The van der Waals surface area contributed by atoms with Gasteiger partial charge in [0.1, 0.15) is 34.6 Å². The normalized spacial score (nSPS) is 26.4. The van der Waals surface area contributed by atoms with Crippen molar-refractivity contribution in [3.8, 4) is 28.8 Å². The number of fused-ring (bicyclic) bond motifs is 5. The third-order valence-electron chi connectivity index (χ3n) is 10.1. The molecule has 6 nitrogen and oxygen atoms in total. The van der Waals surface area contributed by atoms with Crippen LogP contribution in [0, 0.1) is 23.5 Å². The quantitative estimate of drug-likeness (QED) is 0.289. The molecule has 9 heteroatoms. The lowest BCUT2D eigenvalue weighted by atomic mass is 9.94. The van der Waals surface area contributed by atoms with Crippen molar-refractivity contribution >= 4 is 27.4 Å². The second-order valence-corrected chi connectivity index (χ2v) is 12.9. The molecule has 0 radical (unpaired) electrons. The number of alkyl halides is 1. The summed E-state index contributed by atoms with van der Waals surface area (Å²) in [6.45, 7) is 4.64. The summed E-state index contributed by atoms with van der Waals surface area (Å²) in [5.41, 5.74) is 1.63. The summed E-state index contributed by atoms with van der Waals surface area (Å²) in [4.78, 5) is 13.8. The topological polar surface area (TPSA) is 64.5 Å². The molecule has 2 aromatic carbocycles. The summed E-state index contributed by atoms with van der Waals surface area (Å²) < 4.78 is 46.2. The number of aromatic hydroxyl groups is 1. The van der Waals surface area contributed by atoms with Crippen LogP contribution in [0.5, 0.6) is 5.75 Å². The second kappa shape index (κ2) is 10.4. The van der Waals surface area contributed by atoms with Gasteiger partial charge in [-0.25, -0.2) is 18.2 Å². The molecule has 0 unspecified atom stereocenters. The van der Waals surface area contributed by atoms with Crippen molar-refractivity contribution in [2.24, 2.45) is 0 Å². The summed E-state index contributed by atoms with van der Waals surface area (Å²) >= 11 is 0. The molecule has 4 atom stereocenters. The molecule has 4 aliphatic heterocycles. The monoisotopic (exact) mass is 597 g/mol. The van der Waals surface area contributed by atoms with E-state index in [1.807, 2.05) is 13.0 Å². The minimum absolute atomic E-state index is 0.000680. The number of hydrogen-bond acceptors (Lipinski definition) is 6. The van der Waals surface area contributed by atoms with Gasteiger partial charge in [0.05, 0.1) is 11.2 Å². The van der Waals surface area contributed by atoms with Crippen LogP contribution in [-0.4, -0.2) is 69.9 Å². The number of aryl methyl sites for hydroxylation is 1. The highest BCUT2D eigenvalue weighted by molar-refractivity contribution is 6.02. The zero-order chi connectivity index (χ0) is 30.2. The zero-order valence-corrected chi connectivity index (χ0v) is 24.6. The maximum Gasteiger partial charge on any atom is 0.175 e. The number of pyridine rings is 2. The average molecular weight is 598 g/mol. The van der Waals surface area contributed by atoms with Crippen molar-refractivity contribution in [2.75, 3.05) is 31.1 Å². The average Bonchev–Trinajstić information content (AvgIpc) is 3.66. The lowest BCUT2D eigenvalue weighted by molar-refractivity contribution is 0.255. The largest absolute Gasteiger partial charge is 0.508 e. The van der Waals surface area contributed by atoms with Crippen LogP contribution in [0.25, 0.3) is 32.9 Å². The van der Waals surface area contributed by atoms with E-state index in [9.17, 15) is 13.9 Å². The first-order chi connectivity index (χ1) is 21.3. The minimum Gasteiger partial charge on any atom is -0.508 e. The van der Waals surface area contributed by atoms with Crippen molar-refractivity contribution < 1.29 is 18.3 Å². The fourth-order valence-electron chi connectivity index (χ4n) is 8.15. The number of phenols is 1. The number of anilines is 1. The van der Waals surface area contributed by atoms with E-state index in [0.717, 1.165) is 51.0 Å². The summed E-state index contributed by atoms with van der Waals surface area (Å²) in [7, 11) is 0. The van der Waals surface area contributed by atoms with Crippen LogP contribution >= 0.6 is 0 Å². The van der Waals surface area contributed by atoms with Crippen molar-refractivity contribution in [3.63, 3.8) is 0 Å². The molecule has 2 bridgehead atoms. The maximum atomic E-state index is 16.8. The van der Waals surface area contributed by atoms with E-state index in [1.54, 1.807) is 18.3 Å². The van der Waals surface area contributed by atoms with E-state index in [-0.39, 0.29) is 22.8 Å². The number of phenolic OH excluding ortho intramolecular Hbond substituents is 1. The van der Waals surface area contributed by atoms with Gasteiger partial charge in [-0.1, -0.05) is 18.9 Å². The van der Waals surface area contributed by atoms with Crippen LogP contribution < -0.4 is 10.2 Å². The molecule has 2 N–H and O–H groups in total. The third kappa shape index (κ3) is 4.41. The molecular weight excluding hydrogens is 563 g/mol. The molecule has 8 rings (SSSR count). The second-order valence-electron chi connectivity index (χ2n) is 12.9. The van der Waals surface area contributed by atoms with Gasteiger partial charge in [-0.2, -0.15) is 0 Å². The van der Waals surface area contributed by atoms with Crippen molar-refractivity contribution in [1.29, 1.82) is 0 Å². The van der Waals surface area contributed by atoms with Crippen LogP contribution in [0.4, 0.5) is 18.9 Å². The molecule has 4 aliphatic rings. The summed E-state index contributed by atoms with van der Waals surface area (Å²) in [5.74, 6) is 5.53. The molecule has 0 aliphatic carbocycles. The van der Waals surface area contributed by atoms with Crippen molar-refractivity contribution in [3.05, 3.63) is 59.4 Å². The lowest BCUT2D eigenvalue weighted by Crippen LogP contribution is -2.51. The highest BCUT2D eigenvalue weighted by atomic mass is 19.1. The first-order valence-electron chi connectivity index (χ1n) is 15.7. The molecule has 44 heavy (non-hydrogen) atoms. The van der Waals surface area contributed by atoms with Gasteiger partial charge in [-0.3, -0.25) is 9.88 Å². The summed E-state index contributed by atoms with van der Waals surface area (Å²) in [5, 5.41) is 15.9. The first-order valence-corrected chi connectivity index (χ1v) is 15.7. The fourth-order valence-corrected chi connectivity index (χ4v) is 8.15. The molecule has 2 aromatic heterocycles. The summed E-state index contributed by atoms with van der Waals surface area (Å²) in [6.07, 6.45) is 5.48. The predicted octanol–water partition coefficient (Wildman–Crippen LogP) is 5.86. The minimum atomic E-state index is -0.901. The first kappa shape index (κ1) is 27.7. The summed E-state index contributed by atoms with van der Waals surface area (Å²) in [6, 6.07) is 8.59. The Morgan fingerprint density at radius 1 is 1.11 bits per heavy atom. The van der Waals surface area contributed by atoms with E-state index in [1.165, 1.54) is 12.1 Å². The van der Waals surface area contributed by atoms with Gasteiger partial charge in [0, 0.05) is 55.3 Å². The van der Waals surface area contributed by atoms with Gasteiger partial charge in [-0.15, -0.1) is 0 Å². The molecular formula is C35H34F3N5O. The number of benzene rings is 2. The predicted molar refractivity (Wildman–Crippen MR) is 166 cm³/mol. The Balaban J connectivity index is 1.33. The van der Waals surface area contributed by atoms with Gasteiger partial charge in [0.25, 0.3) is 0 Å². The highest BCUT2D eigenvalue weighted by Crippen LogP contribution is 2.41. The van der Waals surface area contributed by atoms with E-state index in [0.29, 0.717) is 64.4 Å². The van der Waals surface area contributed by atoms with Crippen molar-refractivity contribution in [1.82, 2.24) is 20.2 Å². The van der Waals surface area contributed by atoms with Gasteiger partial charge in [-0.05, 0) is 85.2 Å². The van der Waals surface area contributed by atoms with E-state index in [4.69, 9.17) is 4.98 Å². The van der Waals surface area contributed by atoms with Gasteiger partial charge in [0.2, 0.25) is 0 Å². The van der Waals surface area contributed by atoms with E-state index in [2.05, 4.69) is 31.9 Å². The SMILES string of the molecule is CCc1c(F)ccc2cc(O)cc(-c3ncc4c(N5C[C@H]6CC[C@@H](C5)N6)cc(C#C[C@@]56CCCN5C[C@H](F)C6)nc4c3F)c12. The van der Waals surface area contributed by atoms with Crippen LogP contribution in [0.15, 0.2) is 36.5 Å². The van der Waals surface area contributed by atoms with E-state index < -0.39 is 17.5 Å². The smallest absolute Gasteiger partial charge is 0.175 e. The number of rotatable bonds is 3. The number of nitrogens with zero attached hydrogens (tertiary/aromatic N) is 4. The number of piperazine rings is 1. The molecule has 4 saturated heterocycles. The van der Waals surface area contributed by atoms with Crippen molar-refractivity contribution in [2.45, 2.75) is 69.2 Å². The Morgan fingerprint density at radius 2 is 1.93 bits per heavy atom.